The van der Waals surface area contributed by atoms with E-state index in [0.717, 1.165) is 24.1 Å². The molecule has 0 saturated carbocycles. The quantitative estimate of drug-likeness (QED) is 0.842. The van der Waals surface area contributed by atoms with Crippen molar-refractivity contribution in [3.63, 3.8) is 0 Å². The first-order valence-corrected chi connectivity index (χ1v) is 6.97. The third kappa shape index (κ3) is 5.00. The molecule has 2 N–H and O–H groups in total. The van der Waals surface area contributed by atoms with Crippen LogP contribution in [0, 0.1) is 0 Å². The molecule has 7 heteroatoms. The second-order valence-electron chi connectivity index (χ2n) is 4.56. The fourth-order valence-corrected chi connectivity index (χ4v) is 2.04. The summed E-state index contributed by atoms with van der Waals surface area (Å²) in [5.74, 6) is 0. The van der Waals surface area contributed by atoms with Crippen molar-refractivity contribution in [2.75, 3.05) is 11.9 Å². The first-order chi connectivity index (χ1) is 10.4. The summed E-state index contributed by atoms with van der Waals surface area (Å²) in [7, 11) is 0. The fourth-order valence-electron chi connectivity index (χ4n) is 1.82. The number of pyridine rings is 1. The maximum atomic E-state index is 12.6. The lowest BCUT2D eigenvalue weighted by molar-refractivity contribution is -0.137. The normalized spacial score (nSPS) is 11.0. The van der Waals surface area contributed by atoms with E-state index in [4.69, 9.17) is 12.2 Å². The molecule has 2 rings (SSSR count). The molecule has 0 unspecified atom stereocenters. The van der Waals surface area contributed by atoms with Gasteiger partial charge in [-0.3, -0.25) is 4.98 Å². The molecule has 2 aromatic rings. The molecule has 1 aromatic carbocycles. The number of hydrogen-bond acceptors (Lipinski definition) is 2. The highest BCUT2D eigenvalue weighted by Crippen LogP contribution is 2.30. The largest absolute Gasteiger partial charge is 0.416 e. The molecule has 0 atom stereocenters. The van der Waals surface area contributed by atoms with Gasteiger partial charge >= 0.3 is 6.18 Å². The van der Waals surface area contributed by atoms with Crippen LogP contribution >= 0.6 is 12.2 Å². The van der Waals surface area contributed by atoms with Crippen LogP contribution in [0.5, 0.6) is 0 Å². The first-order valence-electron chi connectivity index (χ1n) is 6.56. The average molecular weight is 325 g/mol. The Bertz CT molecular complexity index is 629. The summed E-state index contributed by atoms with van der Waals surface area (Å²) in [6.45, 7) is 0.578. The predicted molar refractivity (Wildman–Crippen MR) is 83.6 cm³/mol. The Labute approximate surface area is 131 Å². The van der Waals surface area contributed by atoms with Gasteiger partial charge in [0.1, 0.15) is 0 Å². The van der Waals surface area contributed by atoms with Crippen molar-refractivity contribution in [1.29, 1.82) is 0 Å². The molecule has 116 valence electrons. The van der Waals surface area contributed by atoms with Gasteiger partial charge in [-0.2, -0.15) is 13.2 Å². The number of aromatic nitrogens is 1. The highest BCUT2D eigenvalue weighted by molar-refractivity contribution is 7.80. The van der Waals surface area contributed by atoms with Crippen molar-refractivity contribution in [3.05, 3.63) is 59.9 Å². The van der Waals surface area contributed by atoms with Gasteiger partial charge in [-0.1, -0.05) is 6.07 Å². The van der Waals surface area contributed by atoms with Crippen molar-refractivity contribution in [2.24, 2.45) is 0 Å². The Morgan fingerprint density at radius 1 is 1.14 bits per heavy atom. The predicted octanol–water partition coefficient (Wildman–Crippen LogP) is 3.63. The van der Waals surface area contributed by atoms with Gasteiger partial charge < -0.3 is 10.6 Å². The summed E-state index contributed by atoms with van der Waals surface area (Å²) in [6, 6.07) is 8.70. The van der Waals surface area contributed by atoms with Crippen LogP contribution in [0.25, 0.3) is 0 Å². The molecule has 1 heterocycles. The maximum absolute atomic E-state index is 12.6. The SMILES string of the molecule is FC(F)(F)c1cccc(NC(=S)NCCc2ccncc2)c1. The summed E-state index contributed by atoms with van der Waals surface area (Å²) < 4.78 is 37.8. The minimum atomic E-state index is -4.37. The van der Waals surface area contributed by atoms with Gasteiger partial charge in [0.15, 0.2) is 5.11 Å². The fraction of sp³-hybridized carbons (Fsp3) is 0.200. The van der Waals surface area contributed by atoms with E-state index in [9.17, 15) is 13.2 Å². The van der Waals surface area contributed by atoms with E-state index in [0.29, 0.717) is 12.2 Å². The van der Waals surface area contributed by atoms with E-state index < -0.39 is 11.7 Å². The molecule has 22 heavy (non-hydrogen) atoms. The van der Waals surface area contributed by atoms with Crippen LogP contribution in [0.4, 0.5) is 18.9 Å². The van der Waals surface area contributed by atoms with E-state index in [1.807, 2.05) is 12.1 Å². The number of halogens is 3. The zero-order chi connectivity index (χ0) is 16.0. The molecular weight excluding hydrogens is 311 g/mol. The third-order valence-corrected chi connectivity index (χ3v) is 3.14. The summed E-state index contributed by atoms with van der Waals surface area (Å²) >= 11 is 5.07. The van der Waals surface area contributed by atoms with E-state index in [1.165, 1.54) is 12.1 Å². The molecule has 0 aliphatic carbocycles. The number of nitrogens with one attached hydrogen (secondary N) is 2. The minimum Gasteiger partial charge on any atom is -0.362 e. The van der Waals surface area contributed by atoms with Crippen LogP contribution in [-0.4, -0.2) is 16.6 Å². The minimum absolute atomic E-state index is 0.286. The van der Waals surface area contributed by atoms with Crippen LogP contribution in [0.2, 0.25) is 0 Å². The van der Waals surface area contributed by atoms with Crippen LogP contribution in [-0.2, 0) is 12.6 Å². The summed E-state index contributed by atoms with van der Waals surface area (Å²) in [5, 5.41) is 5.99. The number of rotatable bonds is 4. The van der Waals surface area contributed by atoms with Crippen LogP contribution in [0.15, 0.2) is 48.8 Å². The Morgan fingerprint density at radius 2 is 1.86 bits per heavy atom. The van der Waals surface area contributed by atoms with Crippen LogP contribution in [0.1, 0.15) is 11.1 Å². The number of alkyl halides is 3. The summed E-state index contributed by atoms with van der Waals surface area (Å²) in [4.78, 5) is 3.92. The Balaban J connectivity index is 1.84. The maximum Gasteiger partial charge on any atom is 0.416 e. The van der Waals surface area contributed by atoms with Crippen LogP contribution < -0.4 is 10.6 Å². The number of hydrogen-bond donors (Lipinski definition) is 2. The highest BCUT2D eigenvalue weighted by atomic mass is 32.1. The molecule has 0 fully saturated rings. The highest BCUT2D eigenvalue weighted by Gasteiger charge is 2.30. The van der Waals surface area contributed by atoms with Gasteiger partial charge in [0.25, 0.3) is 0 Å². The molecule has 1 aromatic heterocycles. The number of thiocarbonyl (C=S) groups is 1. The number of benzene rings is 1. The molecule has 0 saturated heterocycles. The first kappa shape index (κ1) is 16.2. The lowest BCUT2D eigenvalue weighted by Crippen LogP contribution is -2.30. The topological polar surface area (TPSA) is 37.0 Å². The lowest BCUT2D eigenvalue weighted by atomic mass is 10.2. The zero-order valence-electron chi connectivity index (χ0n) is 11.5. The van der Waals surface area contributed by atoms with Crippen molar-refractivity contribution in [1.82, 2.24) is 10.3 Å². The second-order valence-corrected chi connectivity index (χ2v) is 4.97. The van der Waals surface area contributed by atoms with Gasteiger partial charge in [0.05, 0.1) is 5.56 Å². The molecule has 0 amide bonds. The van der Waals surface area contributed by atoms with Crippen molar-refractivity contribution >= 4 is 23.0 Å². The smallest absolute Gasteiger partial charge is 0.362 e. The Morgan fingerprint density at radius 3 is 2.55 bits per heavy atom. The molecule has 0 bridgehead atoms. The van der Waals surface area contributed by atoms with Crippen LogP contribution in [0.3, 0.4) is 0 Å². The molecular formula is C15H14F3N3S. The van der Waals surface area contributed by atoms with E-state index in [-0.39, 0.29) is 5.11 Å². The van der Waals surface area contributed by atoms with Gasteiger partial charge in [-0.05, 0) is 54.5 Å². The average Bonchev–Trinajstić information content (AvgIpc) is 2.48. The van der Waals surface area contributed by atoms with Gasteiger partial charge in [0.2, 0.25) is 0 Å². The van der Waals surface area contributed by atoms with Crippen molar-refractivity contribution in [2.45, 2.75) is 12.6 Å². The summed E-state index contributed by atoms with van der Waals surface area (Å²) in [5.41, 5.74) is 0.692. The number of nitrogens with zero attached hydrogens (tertiary/aromatic N) is 1. The Hall–Kier alpha value is -2.15. The molecule has 0 aliphatic rings. The van der Waals surface area contributed by atoms with E-state index in [1.54, 1.807) is 12.4 Å². The van der Waals surface area contributed by atoms with Crippen molar-refractivity contribution in [3.8, 4) is 0 Å². The molecule has 0 radical (unpaired) electrons. The molecule has 0 aliphatic heterocycles. The zero-order valence-corrected chi connectivity index (χ0v) is 12.3. The van der Waals surface area contributed by atoms with Gasteiger partial charge in [-0.15, -0.1) is 0 Å². The standard InChI is InChI=1S/C15H14F3N3S/c16-15(17,18)12-2-1-3-13(10-12)21-14(22)20-9-6-11-4-7-19-8-5-11/h1-5,7-8,10H,6,9H2,(H2,20,21,22). The van der Waals surface area contributed by atoms with E-state index >= 15 is 0 Å². The second kappa shape index (κ2) is 7.22. The van der Waals surface area contributed by atoms with Crippen molar-refractivity contribution < 1.29 is 13.2 Å². The number of anilines is 1. The summed E-state index contributed by atoms with van der Waals surface area (Å²) in [6.07, 6.45) is -0.218. The van der Waals surface area contributed by atoms with Gasteiger partial charge in [0, 0.05) is 24.6 Å². The van der Waals surface area contributed by atoms with E-state index in [2.05, 4.69) is 15.6 Å². The van der Waals surface area contributed by atoms with Gasteiger partial charge in [-0.25, -0.2) is 0 Å². The Kier molecular flexibility index (Phi) is 5.32. The monoisotopic (exact) mass is 325 g/mol. The molecule has 3 nitrogen and oxygen atoms in total. The third-order valence-electron chi connectivity index (χ3n) is 2.90. The molecule has 0 spiro atoms. The lowest BCUT2D eigenvalue weighted by Gasteiger charge is -2.12.